The van der Waals surface area contributed by atoms with E-state index in [1.807, 2.05) is 24.3 Å². The normalized spacial score (nSPS) is 11.6. The second kappa shape index (κ2) is 11.8. The molecule has 0 saturated heterocycles. The lowest BCUT2D eigenvalue weighted by Gasteiger charge is -2.19. The van der Waals surface area contributed by atoms with E-state index < -0.39 is 0 Å². The van der Waals surface area contributed by atoms with E-state index in [1.165, 1.54) is 10.8 Å². The Morgan fingerprint density at radius 3 is 1.35 bits per heavy atom. The molecular formula is C50H29N5. The summed E-state index contributed by atoms with van der Waals surface area (Å²) in [5.74, 6) is 0. The van der Waals surface area contributed by atoms with Gasteiger partial charge in [0.15, 0.2) is 0 Å². The van der Waals surface area contributed by atoms with Gasteiger partial charge in [0.1, 0.15) is 0 Å². The Labute approximate surface area is 316 Å². The Morgan fingerprint density at radius 2 is 0.727 bits per heavy atom. The third-order valence-corrected chi connectivity index (χ3v) is 11.1. The van der Waals surface area contributed by atoms with Crippen LogP contribution >= 0.6 is 0 Å². The first-order valence-corrected chi connectivity index (χ1v) is 18.3. The lowest BCUT2D eigenvalue weighted by atomic mass is 9.98. The van der Waals surface area contributed by atoms with Crippen LogP contribution in [0.4, 0.5) is 0 Å². The average molecular weight is 700 g/mol. The molecule has 55 heavy (non-hydrogen) atoms. The van der Waals surface area contributed by atoms with Crippen LogP contribution in [-0.2, 0) is 0 Å². The van der Waals surface area contributed by atoms with Crippen LogP contribution in [0.5, 0.6) is 0 Å². The molecule has 254 valence electrons. The maximum Gasteiger partial charge on any atom is 0.0991 e. The number of para-hydroxylation sites is 5. The summed E-state index contributed by atoms with van der Waals surface area (Å²) < 4.78 is 7.00. The van der Waals surface area contributed by atoms with Crippen molar-refractivity contribution in [1.29, 1.82) is 10.5 Å². The molecule has 0 unspecified atom stereocenters. The van der Waals surface area contributed by atoms with Crippen molar-refractivity contribution in [2.75, 3.05) is 0 Å². The molecule has 0 bridgehead atoms. The highest BCUT2D eigenvalue weighted by atomic mass is 15.0. The Hall–Kier alpha value is -7.86. The summed E-state index contributed by atoms with van der Waals surface area (Å²) in [6.07, 6.45) is 0. The van der Waals surface area contributed by atoms with Crippen LogP contribution in [0.15, 0.2) is 176 Å². The molecule has 0 aliphatic carbocycles. The third-order valence-electron chi connectivity index (χ3n) is 11.1. The van der Waals surface area contributed by atoms with Crippen LogP contribution < -0.4 is 0 Å². The molecule has 0 aliphatic heterocycles. The third kappa shape index (κ3) is 4.45. The molecule has 0 fully saturated rings. The Balaban J connectivity index is 1.18. The van der Waals surface area contributed by atoms with Crippen LogP contribution in [0.1, 0.15) is 11.1 Å². The molecule has 3 heterocycles. The van der Waals surface area contributed by atoms with E-state index in [1.54, 1.807) is 0 Å². The van der Waals surface area contributed by atoms with Gasteiger partial charge in [0.05, 0.1) is 67.7 Å². The first-order valence-electron chi connectivity index (χ1n) is 18.3. The number of nitriles is 2. The molecule has 5 nitrogen and oxygen atoms in total. The number of hydrogen-bond acceptors (Lipinski definition) is 2. The van der Waals surface area contributed by atoms with Gasteiger partial charge in [-0.05, 0) is 84.9 Å². The number of fused-ring (bicyclic) bond motifs is 9. The zero-order valence-corrected chi connectivity index (χ0v) is 29.5. The quantitative estimate of drug-likeness (QED) is 0.184. The summed E-state index contributed by atoms with van der Waals surface area (Å²) in [5, 5.41) is 26.7. The zero-order chi connectivity index (χ0) is 36.6. The second-order valence-corrected chi connectivity index (χ2v) is 14.0. The monoisotopic (exact) mass is 699 g/mol. The summed E-state index contributed by atoms with van der Waals surface area (Å²) in [6, 6.07) is 66.0. The minimum Gasteiger partial charge on any atom is -0.309 e. The highest BCUT2D eigenvalue weighted by Gasteiger charge is 2.21. The fourth-order valence-electron chi connectivity index (χ4n) is 8.77. The topological polar surface area (TPSA) is 62.4 Å². The smallest absolute Gasteiger partial charge is 0.0991 e. The van der Waals surface area contributed by atoms with Gasteiger partial charge in [0.2, 0.25) is 0 Å². The van der Waals surface area contributed by atoms with Crippen molar-refractivity contribution in [2.24, 2.45) is 0 Å². The highest BCUT2D eigenvalue weighted by molar-refractivity contribution is 6.13. The lowest BCUT2D eigenvalue weighted by Crippen LogP contribution is -2.02. The molecule has 0 amide bonds. The molecule has 8 aromatic carbocycles. The van der Waals surface area contributed by atoms with Gasteiger partial charge in [-0.3, -0.25) is 0 Å². The lowest BCUT2D eigenvalue weighted by molar-refractivity contribution is 1.15. The first-order chi connectivity index (χ1) is 27.2. The minimum absolute atomic E-state index is 0.606. The van der Waals surface area contributed by atoms with Gasteiger partial charge in [-0.25, -0.2) is 0 Å². The van der Waals surface area contributed by atoms with E-state index in [9.17, 15) is 10.5 Å². The van der Waals surface area contributed by atoms with Gasteiger partial charge >= 0.3 is 0 Å². The molecule has 5 heteroatoms. The average Bonchev–Trinajstić information content (AvgIpc) is 3.88. The van der Waals surface area contributed by atoms with E-state index in [4.69, 9.17) is 0 Å². The van der Waals surface area contributed by atoms with E-state index in [2.05, 4.69) is 177 Å². The predicted molar refractivity (Wildman–Crippen MR) is 224 cm³/mol. The van der Waals surface area contributed by atoms with Crippen LogP contribution in [0.25, 0.3) is 93.6 Å². The van der Waals surface area contributed by atoms with Crippen molar-refractivity contribution in [3.05, 3.63) is 187 Å². The van der Waals surface area contributed by atoms with E-state index >= 15 is 0 Å². The SMILES string of the molecule is N#Cc1ccc(-n2c3ccccc3c3ccccc32)c(-c2ccccc2-n2c3ccccc3c3cc(-n4c5ccccc5c5cc(C#N)ccc54)ccc32)c1. The van der Waals surface area contributed by atoms with Crippen molar-refractivity contribution in [2.45, 2.75) is 0 Å². The molecule has 11 aromatic rings. The van der Waals surface area contributed by atoms with Gasteiger partial charge in [0.25, 0.3) is 0 Å². The number of benzene rings is 8. The Morgan fingerprint density at radius 1 is 0.309 bits per heavy atom. The molecule has 11 rings (SSSR count). The summed E-state index contributed by atoms with van der Waals surface area (Å²) in [4.78, 5) is 0. The van der Waals surface area contributed by atoms with Crippen molar-refractivity contribution < 1.29 is 0 Å². The molecule has 0 N–H and O–H groups in total. The fraction of sp³-hybridized carbons (Fsp3) is 0. The van der Waals surface area contributed by atoms with Crippen LogP contribution in [0.3, 0.4) is 0 Å². The summed E-state index contributed by atoms with van der Waals surface area (Å²) in [5.41, 5.74) is 12.9. The van der Waals surface area contributed by atoms with Gasteiger partial charge in [-0.2, -0.15) is 10.5 Å². The summed E-state index contributed by atoms with van der Waals surface area (Å²) >= 11 is 0. The molecule has 0 radical (unpaired) electrons. The van der Waals surface area contributed by atoms with Gasteiger partial charge in [-0.15, -0.1) is 0 Å². The van der Waals surface area contributed by atoms with Crippen molar-refractivity contribution in [3.8, 4) is 40.3 Å². The van der Waals surface area contributed by atoms with Crippen LogP contribution in [-0.4, -0.2) is 13.7 Å². The van der Waals surface area contributed by atoms with Gasteiger partial charge < -0.3 is 13.7 Å². The number of hydrogen-bond donors (Lipinski definition) is 0. The highest BCUT2D eigenvalue weighted by Crippen LogP contribution is 2.42. The number of rotatable bonds is 4. The van der Waals surface area contributed by atoms with Gasteiger partial charge in [0, 0.05) is 49.1 Å². The van der Waals surface area contributed by atoms with E-state index in [0.717, 1.165) is 82.8 Å². The van der Waals surface area contributed by atoms with E-state index in [0.29, 0.717) is 11.1 Å². The van der Waals surface area contributed by atoms with Gasteiger partial charge in [-0.1, -0.05) is 91.0 Å². The van der Waals surface area contributed by atoms with E-state index in [-0.39, 0.29) is 0 Å². The molecule has 3 aromatic heterocycles. The standard InChI is InChI=1S/C50H29N5/c51-30-32-21-24-48-40(27-32)37-13-3-6-16-43(37)53(48)34-23-26-50-42(29-34)39-15-5-10-20-47(39)55(50)46-19-9-4-14-38(46)41-28-33(31-52)22-25-49(41)54-44-17-7-1-11-35(44)36-12-2-8-18-45(36)54/h1-29H. The number of nitrogens with zero attached hydrogens (tertiary/aromatic N) is 5. The van der Waals surface area contributed by atoms with Crippen molar-refractivity contribution >= 4 is 65.4 Å². The largest absolute Gasteiger partial charge is 0.309 e. The summed E-state index contributed by atoms with van der Waals surface area (Å²) in [7, 11) is 0. The summed E-state index contributed by atoms with van der Waals surface area (Å²) in [6.45, 7) is 0. The minimum atomic E-state index is 0.606. The molecule has 0 aliphatic rings. The Bertz CT molecular complexity index is 3420. The van der Waals surface area contributed by atoms with Crippen LogP contribution in [0, 0.1) is 22.7 Å². The maximum absolute atomic E-state index is 10.2. The molecule has 0 spiro atoms. The van der Waals surface area contributed by atoms with Crippen molar-refractivity contribution in [1.82, 2.24) is 13.7 Å². The molecular weight excluding hydrogens is 671 g/mol. The zero-order valence-electron chi connectivity index (χ0n) is 29.5. The fourth-order valence-corrected chi connectivity index (χ4v) is 8.77. The second-order valence-electron chi connectivity index (χ2n) is 14.0. The van der Waals surface area contributed by atoms with Crippen LogP contribution in [0.2, 0.25) is 0 Å². The predicted octanol–water partition coefficient (Wildman–Crippen LogP) is 12.4. The molecule has 0 saturated carbocycles. The number of aromatic nitrogens is 3. The first kappa shape index (κ1) is 30.7. The Kier molecular flexibility index (Phi) is 6.61. The van der Waals surface area contributed by atoms with Crippen molar-refractivity contribution in [3.63, 3.8) is 0 Å². The molecule has 0 atom stereocenters. The maximum atomic E-state index is 10.2.